The second kappa shape index (κ2) is 8.60. The number of nitrogens with two attached hydrogens (primary N) is 1. The maximum atomic E-state index is 11.9. The van der Waals surface area contributed by atoms with Crippen LogP contribution in [-0.4, -0.2) is 43.9 Å². The summed E-state index contributed by atoms with van der Waals surface area (Å²) in [6.45, 7) is 8.57. The quantitative estimate of drug-likeness (QED) is 0.629. The second-order valence-corrected chi connectivity index (χ2v) is 6.37. The molecule has 1 aliphatic heterocycles. The van der Waals surface area contributed by atoms with Crippen molar-refractivity contribution in [3.8, 4) is 0 Å². The molecule has 0 saturated carbocycles. The van der Waals surface area contributed by atoms with Crippen molar-refractivity contribution in [2.24, 2.45) is 11.7 Å². The van der Waals surface area contributed by atoms with Gasteiger partial charge in [0.25, 0.3) is 0 Å². The Hall–Kier alpha value is -0.650. The van der Waals surface area contributed by atoms with E-state index in [2.05, 4.69) is 19.2 Å². The molecule has 1 fully saturated rings. The highest BCUT2D eigenvalue weighted by atomic mass is 16.5. The van der Waals surface area contributed by atoms with Gasteiger partial charge in [0.05, 0.1) is 19.3 Å². The second-order valence-electron chi connectivity index (χ2n) is 6.37. The molecule has 0 aromatic rings. The molecule has 2 atom stereocenters. The monoisotopic (exact) mass is 286 g/mol. The molecule has 0 aromatic heterocycles. The zero-order chi connectivity index (χ0) is 15.0. The van der Waals surface area contributed by atoms with Crippen LogP contribution >= 0.6 is 0 Å². The number of nitrogens with one attached hydrogen (secondary N) is 1. The van der Waals surface area contributed by atoms with E-state index in [9.17, 15) is 4.79 Å². The summed E-state index contributed by atoms with van der Waals surface area (Å²) in [6, 6.07) is 0. The third kappa shape index (κ3) is 6.68. The Morgan fingerprint density at radius 3 is 2.85 bits per heavy atom. The summed E-state index contributed by atoms with van der Waals surface area (Å²) >= 11 is 0. The minimum atomic E-state index is -0.320. The molecule has 0 bridgehead atoms. The molecule has 1 saturated heterocycles. The Bertz CT molecular complexity index is 291. The van der Waals surface area contributed by atoms with Gasteiger partial charge in [0, 0.05) is 25.1 Å². The molecule has 1 aliphatic rings. The number of hydrogen-bond acceptors (Lipinski definition) is 4. The Morgan fingerprint density at radius 1 is 1.55 bits per heavy atom. The number of ether oxygens (including phenoxy) is 2. The number of hydrogen-bond donors (Lipinski definition) is 2. The predicted molar refractivity (Wildman–Crippen MR) is 79.5 cm³/mol. The maximum absolute atomic E-state index is 11.9. The van der Waals surface area contributed by atoms with Gasteiger partial charge in [-0.15, -0.1) is 0 Å². The fourth-order valence-corrected chi connectivity index (χ4v) is 2.64. The van der Waals surface area contributed by atoms with Crippen molar-refractivity contribution in [3.63, 3.8) is 0 Å². The third-order valence-corrected chi connectivity index (χ3v) is 3.55. The fraction of sp³-hybridized carbons (Fsp3) is 0.933. The zero-order valence-electron chi connectivity index (χ0n) is 13.1. The first kappa shape index (κ1) is 17.4. The van der Waals surface area contributed by atoms with Gasteiger partial charge >= 0.3 is 0 Å². The highest BCUT2D eigenvalue weighted by Gasteiger charge is 2.25. The van der Waals surface area contributed by atoms with Crippen LogP contribution in [-0.2, 0) is 14.3 Å². The Kier molecular flexibility index (Phi) is 7.48. The largest absolute Gasteiger partial charge is 0.378 e. The first-order chi connectivity index (χ1) is 9.45. The van der Waals surface area contributed by atoms with E-state index in [4.69, 9.17) is 15.2 Å². The summed E-state index contributed by atoms with van der Waals surface area (Å²) in [5.74, 6) is 0.505. The van der Waals surface area contributed by atoms with Crippen LogP contribution < -0.4 is 11.1 Å². The van der Waals surface area contributed by atoms with Gasteiger partial charge in [-0.3, -0.25) is 4.79 Å². The molecule has 1 rings (SSSR count). The van der Waals surface area contributed by atoms with Gasteiger partial charge in [-0.05, 0) is 32.1 Å². The third-order valence-electron chi connectivity index (χ3n) is 3.55. The van der Waals surface area contributed by atoms with Gasteiger partial charge in [-0.1, -0.05) is 13.8 Å². The lowest BCUT2D eigenvalue weighted by Gasteiger charge is -2.31. The van der Waals surface area contributed by atoms with Crippen molar-refractivity contribution in [2.75, 3.05) is 26.4 Å². The van der Waals surface area contributed by atoms with Crippen molar-refractivity contribution < 1.29 is 14.3 Å². The van der Waals surface area contributed by atoms with E-state index in [1.807, 2.05) is 6.92 Å². The standard InChI is InChI=1S/C15H30N2O3/c1-12(2)9-15(3,11-16)17-14(18)6-8-19-10-13-5-4-7-20-13/h12-13H,4-11,16H2,1-3H3,(H,17,18). The summed E-state index contributed by atoms with van der Waals surface area (Å²) in [6.07, 6.45) is 3.64. The lowest BCUT2D eigenvalue weighted by Crippen LogP contribution is -2.52. The molecule has 1 heterocycles. The van der Waals surface area contributed by atoms with Crippen LogP contribution in [0.1, 0.15) is 46.5 Å². The van der Waals surface area contributed by atoms with Crippen LogP contribution in [0.15, 0.2) is 0 Å². The predicted octanol–water partition coefficient (Wildman–Crippen LogP) is 1.45. The molecule has 3 N–H and O–H groups in total. The van der Waals surface area contributed by atoms with Crippen LogP contribution in [0, 0.1) is 5.92 Å². The molecule has 20 heavy (non-hydrogen) atoms. The first-order valence-electron chi connectivity index (χ1n) is 7.65. The van der Waals surface area contributed by atoms with Crippen LogP contribution in [0.5, 0.6) is 0 Å². The number of carbonyl (C=O) groups is 1. The maximum Gasteiger partial charge on any atom is 0.222 e. The van der Waals surface area contributed by atoms with Crippen LogP contribution in [0.25, 0.3) is 0 Å². The highest BCUT2D eigenvalue weighted by Crippen LogP contribution is 2.15. The minimum Gasteiger partial charge on any atom is -0.378 e. The van der Waals surface area contributed by atoms with Gasteiger partial charge in [0.1, 0.15) is 0 Å². The molecule has 118 valence electrons. The fourth-order valence-electron chi connectivity index (χ4n) is 2.64. The summed E-state index contributed by atoms with van der Waals surface area (Å²) in [5, 5.41) is 3.03. The number of carbonyl (C=O) groups excluding carboxylic acids is 1. The van der Waals surface area contributed by atoms with E-state index in [-0.39, 0.29) is 17.6 Å². The Balaban J connectivity index is 2.17. The van der Waals surface area contributed by atoms with Crippen molar-refractivity contribution in [1.82, 2.24) is 5.32 Å². The van der Waals surface area contributed by atoms with Crippen LogP contribution in [0.3, 0.4) is 0 Å². The van der Waals surface area contributed by atoms with Crippen molar-refractivity contribution in [2.45, 2.75) is 58.1 Å². The average Bonchev–Trinajstić information content (AvgIpc) is 2.86. The lowest BCUT2D eigenvalue weighted by molar-refractivity contribution is -0.124. The average molecular weight is 286 g/mol. The van der Waals surface area contributed by atoms with Crippen LogP contribution in [0.4, 0.5) is 0 Å². The molecule has 0 spiro atoms. The molecular weight excluding hydrogens is 256 g/mol. The normalized spacial score (nSPS) is 21.9. The minimum absolute atomic E-state index is 0.00550. The van der Waals surface area contributed by atoms with Crippen molar-refractivity contribution in [1.29, 1.82) is 0 Å². The summed E-state index contributed by atoms with van der Waals surface area (Å²) in [7, 11) is 0. The van der Waals surface area contributed by atoms with Gasteiger partial charge < -0.3 is 20.5 Å². The van der Waals surface area contributed by atoms with E-state index in [1.54, 1.807) is 0 Å². The summed E-state index contributed by atoms with van der Waals surface area (Å²) < 4.78 is 11.0. The zero-order valence-corrected chi connectivity index (χ0v) is 13.1. The van der Waals surface area contributed by atoms with E-state index >= 15 is 0 Å². The molecular formula is C15H30N2O3. The Labute approximate surface area is 122 Å². The molecule has 1 amide bonds. The molecule has 2 unspecified atom stereocenters. The topological polar surface area (TPSA) is 73.6 Å². The number of rotatable bonds is 9. The first-order valence-corrected chi connectivity index (χ1v) is 7.65. The van der Waals surface area contributed by atoms with Gasteiger partial charge in [0.2, 0.25) is 5.91 Å². The SMILES string of the molecule is CC(C)CC(C)(CN)NC(=O)CCOCC1CCCO1. The summed E-state index contributed by atoms with van der Waals surface area (Å²) in [4.78, 5) is 11.9. The molecule has 0 radical (unpaired) electrons. The molecule has 0 aliphatic carbocycles. The lowest BCUT2D eigenvalue weighted by atomic mass is 9.90. The van der Waals surface area contributed by atoms with Crippen LogP contribution in [0.2, 0.25) is 0 Å². The van der Waals surface area contributed by atoms with Gasteiger partial charge in [-0.2, -0.15) is 0 Å². The smallest absolute Gasteiger partial charge is 0.222 e. The van der Waals surface area contributed by atoms with E-state index in [0.29, 0.717) is 32.1 Å². The summed E-state index contributed by atoms with van der Waals surface area (Å²) in [5.41, 5.74) is 5.46. The van der Waals surface area contributed by atoms with E-state index in [1.165, 1.54) is 0 Å². The molecule has 5 heteroatoms. The molecule has 0 aromatic carbocycles. The van der Waals surface area contributed by atoms with E-state index in [0.717, 1.165) is 25.9 Å². The van der Waals surface area contributed by atoms with Crippen molar-refractivity contribution >= 4 is 5.91 Å². The van der Waals surface area contributed by atoms with Crippen molar-refractivity contribution in [3.05, 3.63) is 0 Å². The van der Waals surface area contributed by atoms with E-state index < -0.39 is 0 Å². The van der Waals surface area contributed by atoms with Gasteiger partial charge in [0.15, 0.2) is 0 Å². The molecule has 5 nitrogen and oxygen atoms in total. The highest BCUT2D eigenvalue weighted by molar-refractivity contribution is 5.76. The Morgan fingerprint density at radius 2 is 2.30 bits per heavy atom. The number of amides is 1. The van der Waals surface area contributed by atoms with Gasteiger partial charge in [-0.25, -0.2) is 0 Å².